The molecule has 1 heterocycles. The second-order valence-corrected chi connectivity index (χ2v) is 5.85. The molecule has 1 saturated carbocycles. The standard InChI is InChI=1S/C12H24FN3O6/c13-6-8(18)5(2-14)21-12(9(6)19)22-11-4(16)1-3(15)7(17)10(11)20/h3-12,17-20H,1-2,14-16H2. The van der Waals surface area contributed by atoms with E-state index in [0.717, 1.165) is 0 Å². The Morgan fingerprint density at radius 2 is 1.64 bits per heavy atom. The first-order valence-electron chi connectivity index (χ1n) is 7.16. The van der Waals surface area contributed by atoms with E-state index in [1.165, 1.54) is 0 Å². The molecule has 10 atom stereocenters. The maximum atomic E-state index is 13.9. The zero-order valence-corrected chi connectivity index (χ0v) is 11.9. The first kappa shape index (κ1) is 17.9. The van der Waals surface area contributed by atoms with Gasteiger partial charge in [-0.25, -0.2) is 4.39 Å². The summed E-state index contributed by atoms with van der Waals surface area (Å²) >= 11 is 0. The van der Waals surface area contributed by atoms with E-state index in [2.05, 4.69) is 0 Å². The molecule has 0 radical (unpaired) electrons. The van der Waals surface area contributed by atoms with Crippen LogP contribution in [0.1, 0.15) is 6.42 Å². The third-order valence-corrected chi connectivity index (χ3v) is 4.24. The van der Waals surface area contributed by atoms with Crippen molar-refractivity contribution < 1.29 is 34.3 Å². The van der Waals surface area contributed by atoms with Crippen molar-refractivity contribution in [1.29, 1.82) is 0 Å². The number of aliphatic hydroxyl groups excluding tert-OH is 4. The van der Waals surface area contributed by atoms with E-state index in [-0.39, 0.29) is 13.0 Å². The summed E-state index contributed by atoms with van der Waals surface area (Å²) < 4.78 is 24.5. The largest absolute Gasteiger partial charge is 0.389 e. The highest BCUT2D eigenvalue weighted by atomic mass is 19.1. The van der Waals surface area contributed by atoms with Gasteiger partial charge in [-0.15, -0.1) is 0 Å². The summed E-state index contributed by atoms with van der Waals surface area (Å²) in [4.78, 5) is 0. The van der Waals surface area contributed by atoms with Crippen LogP contribution >= 0.6 is 0 Å². The van der Waals surface area contributed by atoms with Crippen LogP contribution in [0, 0.1) is 0 Å². The quantitative estimate of drug-likeness (QED) is 0.271. The van der Waals surface area contributed by atoms with E-state index < -0.39 is 61.2 Å². The molecule has 2 rings (SSSR count). The molecule has 0 aromatic heterocycles. The average molecular weight is 325 g/mol. The van der Waals surface area contributed by atoms with Crippen LogP contribution < -0.4 is 17.2 Å². The lowest BCUT2D eigenvalue weighted by Crippen LogP contribution is -2.65. The van der Waals surface area contributed by atoms with Crippen LogP contribution in [0.25, 0.3) is 0 Å². The monoisotopic (exact) mass is 325 g/mol. The van der Waals surface area contributed by atoms with Crippen LogP contribution in [0.4, 0.5) is 4.39 Å². The molecule has 130 valence electrons. The number of hydrogen-bond donors (Lipinski definition) is 7. The average Bonchev–Trinajstić information content (AvgIpc) is 2.49. The van der Waals surface area contributed by atoms with E-state index in [0.29, 0.717) is 0 Å². The van der Waals surface area contributed by atoms with Gasteiger partial charge in [-0.05, 0) is 6.42 Å². The summed E-state index contributed by atoms with van der Waals surface area (Å²) in [6, 6.07) is -1.44. The van der Waals surface area contributed by atoms with Crippen molar-refractivity contribution in [2.45, 2.75) is 67.6 Å². The fraction of sp³-hybridized carbons (Fsp3) is 1.00. The maximum absolute atomic E-state index is 13.9. The molecule has 22 heavy (non-hydrogen) atoms. The van der Waals surface area contributed by atoms with E-state index in [4.69, 9.17) is 26.7 Å². The van der Waals surface area contributed by atoms with Gasteiger partial charge in [-0.2, -0.15) is 0 Å². The van der Waals surface area contributed by atoms with Gasteiger partial charge in [-0.3, -0.25) is 0 Å². The van der Waals surface area contributed by atoms with Crippen LogP contribution in [0.15, 0.2) is 0 Å². The van der Waals surface area contributed by atoms with Crippen molar-refractivity contribution in [3.05, 3.63) is 0 Å². The van der Waals surface area contributed by atoms with E-state index in [9.17, 15) is 24.8 Å². The number of hydrogen-bond acceptors (Lipinski definition) is 9. The number of alkyl halides is 1. The van der Waals surface area contributed by atoms with Crippen LogP contribution in [0.5, 0.6) is 0 Å². The van der Waals surface area contributed by atoms with Crippen molar-refractivity contribution in [2.24, 2.45) is 17.2 Å². The molecule has 0 spiro atoms. The van der Waals surface area contributed by atoms with Gasteiger partial charge in [0.05, 0.1) is 6.10 Å². The molecule has 10 N–H and O–H groups in total. The van der Waals surface area contributed by atoms with Crippen molar-refractivity contribution in [3.63, 3.8) is 0 Å². The Balaban J connectivity index is 2.08. The first-order valence-corrected chi connectivity index (χ1v) is 7.16. The van der Waals surface area contributed by atoms with Crippen LogP contribution in [0.2, 0.25) is 0 Å². The number of halogens is 1. The van der Waals surface area contributed by atoms with E-state index in [1.807, 2.05) is 0 Å². The highest BCUT2D eigenvalue weighted by Gasteiger charge is 2.49. The van der Waals surface area contributed by atoms with Crippen LogP contribution in [-0.4, -0.2) is 88.1 Å². The first-order chi connectivity index (χ1) is 10.3. The van der Waals surface area contributed by atoms with Crippen molar-refractivity contribution >= 4 is 0 Å². The van der Waals surface area contributed by atoms with Crippen molar-refractivity contribution in [2.75, 3.05) is 6.54 Å². The Morgan fingerprint density at radius 1 is 1.00 bits per heavy atom. The minimum atomic E-state index is -2.02. The Hall–Kier alpha value is -0.430. The zero-order chi connectivity index (χ0) is 16.6. The Kier molecular flexibility index (Phi) is 5.69. The Bertz CT molecular complexity index is 379. The lowest BCUT2D eigenvalue weighted by Gasteiger charge is -2.44. The molecule has 10 unspecified atom stereocenters. The highest BCUT2D eigenvalue weighted by molar-refractivity contribution is 4.99. The molecule has 1 aliphatic heterocycles. The molecule has 2 fully saturated rings. The maximum Gasteiger partial charge on any atom is 0.187 e. The van der Waals surface area contributed by atoms with Gasteiger partial charge >= 0.3 is 0 Å². The number of rotatable bonds is 3. The normalized spacial score (nSPS) is 53.5. The van der Waals surface area contributed by atoms with Crippen LogP contribution in [-0.2, 0) is 9.47 Å². The van der Waals surface area contributed by atoms with Gasteiger partial charge in [0.2, 0.25) is 0 Å². The predicted octanol–water partition coefficient (Wildman–Crippen LogP) is -4.10. The predicted molar refractivity (Wildman–Crippen MR) is 72.1 cm³/mol. The van der Waals surface area contributed by atoms with Crippen molar-refractivity contribution in [3.8, 4) is 0 Å². The van der Waals surface area contributed by atoms with Gasteiger partial charge in [-0.1, -0.05) is 0 Å². The summed E-state index contributed by atoms with van der Waals surface area (Å²) in [6.45, 7) is -0.180. The minimum absolute atomic E-state index is 0.174. The van der Waals surface area contributed by atoms with Gasteiger partial charge in [0.15, 0.2) is 12.5 Å². The molecule has 0 aromatic rings. The molecular formula is C12H24FN3O6. The number of ether oxygens (including phenoxy) is 2. The summed E-state index contributed by atoms with van der Waals surface area (Å²) in [5.41, 5.74) is 16.8. The topological polar surface area (TPSA) is 177 Å². The fourth-order valence-corrected chi connectivity index (χ4v) is 2.82. The number of aliphatic hydroxyl groups is 4. The third-order valence-electron chi connectivity index (χ3n) is 4.24. The van der Waals surface area contributed by atoms with Gasteiger partial charge in [0.1, 0.15) is 30.5 Å². The lowest BCUT2D eigenvalue weighted by molar-refractivity contribution is -0.310. The van der Waals surface area contributed by atoms with Crippen molar-refractivity contribution in [1.82, 2.24) is 0 Å². The summed E-state index contributed by atoms with van der Waals surface area (Å²) in [6.07, 6.45) is -11.5. The smallest absolute Gasteiger partial charge is 0.187 e. The van der Waals surface area contributed by atoms with E-state index >= 15 is 0 Å². The summed E-state index contributed by atoms with van der Waals surface area (Å²) in [7, 11) is 0. The second kappa shape index (κ2) is 6.99. The lowest BCUT2D eigenvalue weighted by atomic mass is 9.84. The summed E-state index contributed by atoms with van der Waals surface area (Å²) in [5.74, 6) is 0. The molecular weight excluding hydrogens is 301 g/mol. The third kappa shape index (κ3) is 3.25. The zero-order valence-electron chi connectivity index (χ0n) is 11.9. The molecule has 0 aromatic carbocycles. The van der Waals surface area contributed by atoms with Crippen LogP contribution in [0.3, 0.4) is 0 Å². The molecule has 2 aliphatic rings. The van der Waals surface area contributed by atoms with Gasteiger partial charge in [0.25, 0.3) is 0 Å². The second-order valence-electron chi connectivity index (χ2n) is 5.85. The Labute approximate surface area is 126 Å². The van der Waals surface area contributed by atoms with Gasteiger partial charge in [0, 0.05) is 18.6 Å². The van der Waals surface area contributed by atoms with E-state index in [1.54, 1.807) is 0 Å². The highest BCUT2D eigenvalue weighted by Crippen LogP contribution is 2.28. The molecule has 1 saturated heterocycles. The fourth-order valence-electron chi connectivity index (χ4n) is 2.82. The molecule has 10 heteroatoms. The number of nitrogens with two attached hydrogens (primary N) is 3. The molecule has 0 bridgehead atoms. The summed E-state index contributed by atoms with van der Waals surface area (Å²) in [5, 5.41) is 39.2. The molecule has 9 nitrogen and oxygen atoms in total. The molecule has 1 aliphatic carbocycles. The van der Waals surface area contributed by atoms with Gasteiger partial charge < -0.3 is 47.1 Å². The SMILES string of the molecule is NCC1OC(OC2C(N)CC(N)C(O)C2O)C(O)C(F)C1O. The molecule has 0 amide bonds. The Morgan fingerprint density at radius 3 is 2.23 bits per heavy atom. The minimum Gasteiger partial charge on any atom is -0.389 e.